The van der Waals surface area contributed by atoms with Crippen LogP contribution < -0.4 is 0 Å². The number of rotatable bonds is 3. The van der Waals surface area contributed by atoms with Crippen molar-refractivity contribution in [1.29, 1.82) is 0 Å². The molecular weight excluding hydrogens is 350 g/mol. The van der Waals surface area contributed by atoms with Crippen molar-refractivity contribution in [2.24, 2.45) is 0 Å². The maximum atomic E-state index is 6.11. The van der Waals surface area contributed by atoms with E-state index in [1.165, 1.54) is 26.9 Å². The largest absolute Gasteiger partial charge is 0.370 e. The van der Waals surface area contributed by atoms with Crippen molar-refractivity contribution in [3.05, 3.63) is 23.1 Å². The molecule has 0 fully saturated rings. The van der Waals surface area contributed by atoms with Gasteiger partial charge in [0.15, 0.2) is 0 Å². The molecule has 0 bridgehead atoms. The first-order chi connectivity index (χ1) is 11.9. The Hall–Kier alpha value is -1.24. The van der Waals surface area contributed by atoms with Crippen LogP contribution in [0.1, 0.15) is 57.4 Å². The molecule has 0 amide bonds. The van der Waals surface area contributed by atoms with E-state index in [1.807, 2.05) is 0 Å². The van der Waals surface area contributed by atoms with Crippen molar-refractivity contribution in [2.45, 2.75) is 64.2 Å². The van der Waals surface area contributed by atoms with E-state index < -0.39 is 0 Å². The van der Waals surface area contributed by atoms with Gasteiger partial charge in [-0.25, -0.2) is 15.0 Å². The van der Waals surface area contributed by atoms with E-state index in [9.17, 15) is 0 Å². The predicted molar refractivity (Wildman–Crippen MR) is 106 cm³/mol. The normalized spacial score (nSPS) is 16.7. The van der Waals surface area contributed by atoms with Crippen molar-refractivity contribution in [1.82, 2.24) is 15.0 Å². The molecule has 0 spiro atoms. The van der Waals surface area contributed by atoms with Crippen LogP contribution in [0, 0.1) is 0 Å². The second kappa shape index (κ2) is 6.18. The van der Waals surface area contributed by atoms with Crippen molar-refractivity contribution < 1.29 is 4.74 Å². The minimum atomic E-state index is -0.155. The average molecular weight is 374 g/mol. The van der Waals surface area contributed by atoms with Crippen LogP contribution in [0.25, 0.3) is 20.4 Å². The summed E-state index contributed by atoms with van der Waals surface area (Å²) in [5, 5.41) is 2.29. The monoisotopic (exact) mass is 373 g/mol. The lowest BCUT2D eigenvalue weighted by Crippen LogP contribution is -2.32. The highest BCUT2D eigenvalue weighted by molar-refractivity contribution is 7.99. The zero-order valence-electron chi connectivity index (χ0n) is 15.3. The van der Waals surface area contributed by atoms with Gasteiger partial charge >= 0.3 is 0 Å². The molecule has 3 aromatic rings. The molecule has 4 nitrogen and oxygen atoms in total. The fourth-order valence-corrected chi connectivity index (χ4v) is 5.50. The number of hydrogen-bond acceptors (Lipinski definition) is 6. The van der Waals surface area contributed by atoms with Crippen molar-refractivity contribution in [2.75, 3.05) is 5.75 Å². The fourth-order valence-electron chi connectivity index (χ4n) is 3.53. The lowest BCUT2D eigenvalue weighted by Gasteiger charge is -2.33. The number of aromatic nitrogens is 3. The Bertz CT molecular complexity index is 962. The second-order valence-electron chi connectivity index (χ2n) is 7.41. The molecule has 1 aliphatic rings. The smallest absolute Gasteiger partial charge is 0.126 e. The van der Waals surface area contributed by atoms with Gasteiger partial charge in [-0.15, -0.1) is 23.1 Å². The van der Waals surface area contributed by atoms with E-state index in [2.05, 4.69) is 44.6 Å². The number of ether oxygens (including phenoxy) is 1. The first-order valence-corrected chi connectivity index (χ1v) is 10.6. The summed E-state index contributed by atoms with van der Waals surface area (Å²) in [6, 6.07) is 0. The highest BCUT2D eigenvalue weighted by atomic mass is 32.2. The molecule has 0 saturated heterocycles. The van der Waals surface area contributed by atoms with Crippen LogP contribution in [-0.4, -0.2) is 26.3 Å². The quantitative estimate of drug-likeness (QED) is 0.459. The Morgan fingerprint density at radius 3 is 2.80 bits per heavy atom. The molecule has 3 aromatic heterocycles. The van der Waals surface area contributed by atoms with Gasteiger partial charge in [-0.05, 0) is 31.1 Å². The number of thiophene rings is 1. The molecular formula is C19H23N3OS2. The number of fused-ring (bicyclic) bond motifs is 5. The summed E-state index contributed by atoms with van der Waals surface area (Å²) < 4.78 is 7.28. The molecule has 0 atom stereocenters. The third kappa shape index (κ3) is 2.84. The summed E-state index contributed by atoms with van der Waals surface area (Å²) in [7, 11) is 0. The van der Waals surface area contributed by atoms with Gasteiger partial charge in [-0.1, -0.05) is 20.8 Å². The zero-order valence-corrected chi connectivity index (χ0v) is 17.0. The maximum absolute atomic E-state index is 6.11. The molecule has 4 heterocycles. The van der Waals surface area contributed by atoms with Gasteiger partial charge in [0.1, 0.15) is 16.2 Å². The maximum Gasteiger partial charge on any atom is 0.126 e. The highest BCUT2D eigenvalue weighted by Gasteiger charge is 2.32. The highest BCUT2D eigenvalue weighted by Crippen LogP contribution is 2.43. The number of nitrogens with zero attached hydrogens (tertiary/aromatic N) is 3. The van der Waals surface area contributed by atoms with Gasteiger partial charge in [0.05, 0.1) is 28.1 Å². The van der Waals surface area contributed by atoms with Gasteiger partial charge in [0, 0.05) is 17.4 Å². The number of hydrogen-bond donors (Lipinski definition) is 0. The number of pyridine rings is 1. The lowest BCUT2D eigenvalue weighted by molar-refractivity contribution is -0.0402. The molecule has 0 unspecified atom stereocenters. The summed E-state index contributed by atoms with van der Waals surface area (Å²) in [4.78, 5) is 15.3. The second-order valence-corrected chi connectivity index (χ2v) is 9.66. The van der Waals surface area contributed by atoms with E-state index in [-0.39, 0.29) is 5.60 Å². The van der Waals surface area contributed by atoms with Crippen LogP contribution in [0.5, 0.6) is 0 Å². The van der Waals surface area contributed by atoms with Gasteiger partial charge in [-0.3, -0.25) is 0 Å². The minimum absolute atomic E-state index is 0.155. The van der Waals surface area contributed by atoms with Gasteiger partial charge in [-0.2, -0.15) is 0 Å². The summed E-state index contributed by atoms with van der Waals surface area (Å²) >= 11 is 3.51. The first-order valence-electron chi connectivity index (χ1n) is 8.77. The van der Waals surface area contributed by atoms with E-state index in [0.717, 1.165) is 27.5 Å². The van der Waals surface area contributed by atoms with E-state index in [1.54, 1.807) is 29.4 Å². The Morgan fingerprint density at radius 1 is 1.28 bits per heavy atom. The average Bonchev–Trinajstić information content (AvgIpc) is 2.93. The lowest BCUT2D eigenvalue weighted by atomic mass is 9.87. The molecule has 6 heteroatoms. The van der Waals surface area contributed by atoms with E-state index in [0.29, 0.717) is 12.5 Å². The predicted octanol–water partition coefficient (Wildman–Crippen LogP) is 5.33. The third-order valence-corrected chi connectivity index (χ3v) is 6.74. The van der Waals surface area contributed by atoms with Gasteiger partial charge < -0.3 is 4.74 Å². The summed E-state index contributed by atoms with van der Waals surface area (Å²) in [5.41, 5.74) is 4.72. The summed E-state index contributed by atoms with van der Waals surface area (Å²) in [6.45, 7) is 11.5. The summed E-state index contributed by atoms with van der Waals surface area (Å²) in [6.07, 6.45) is 2.59. The molecule has 0 saturated carbocycles. The van der Waals surface area contributed by atoms with Crippen molar-refractivity contribution in [3.63, 3.8) is 0 Å². The summed E-state index contributed by atoms with van der Waals surface area (Å²) in [5.74, 6) is 1.38. The van der Waals surface area contributed by atoms with E-state index in [4.69, 9.17) is 9.72 Å². The molecule has 25 heavy (non-hydrogen) atoms. The molecule has 0 aromatic carbocycles. The molecule has 0 aliphatic carbocycles. The van der Waals surface area contributed by atoms with Crippen molar-refractivity contribution in [3.8, 4) is 0 Å². The fraction of sp³-hybridized carbons (Fsp3) is 0.526. The topological polar surface area (TPSA) is 47.9 Å². The Kier molecular flexibility index (Phi) is 4.25. The van der Waals surface area contributed by atoms with Gasteiger partial charge in [0.2, 0.25) is 0 Å². The molecule has 0 radical (unpaired) electrons. The van der Waals surface area contributed by atoms with Gasteiger partial charge in [0.25, 0.3) is 0 Å². The van der Waals surface area contributed by atoms with Crippen LogP contribution in [0.4, 0.5) is 0 Å². The Labute approximate surface area is 156 Å². The van der Waals surface area contributed by atoms with Crippen LogP contribution in [-0.2, 0) is 17.8 Å². The third-order valence-electron chi connectivity index (χ3n) is 4.66. The molecule has 0 N–H and O–H groups in total. The molecule has 132 valence electrons. The zero-order chi connectivity index (χ0) is 17.8. The van der Waals surface area contributed by atoms with Crippen LogP contribution in [0.2, 0.25) is 0 Å². The molecule has 1 aliphatic heterocycles. The first kappa shape index (κ1) is 17.2. The van der Waals surface area contributed by atoms with Crippen molar-refractivity contribution >= 4 is 43.5 Å². The number of thioether (sulfide) groups is 1. The Balaban J connectivity index is 2.09. The van der Waals surface area contributed by atoms with Crippen LogP contribution in [0.3, 0.4) is 0 Å². The Morgan fingerprint density at radius 2 is 2.08 bits per heavy atom. The standard InChI is InChI=1S/C19H23N3OS2/c1-6-24-18-16-15(20-9-21-18)13-11-7-19(4,5)23-8-12(11)14(10(2)3)22-17(13)25-16/h9-10H,6-8H2,1-5H3. The van der Waals surface area contributed by atoms with Crippen LogP contribution >= 0.6 is 23.1 Å². The van der Waals surface area contributed by atoms with Crippen LogP contribution in [0.15, 0.2) is 11.4 Å². The minimum Gasteiger partial charge on any atom is -0.370 e. The molecule has 4 rings (SSSR count). The SMILES string of the molecule is CCSc1ncnc2c1sc1nc(C(C)C)c3c(c12)CC(C)(C)OC3. The van der Waals surface area contributed by atoms with E-state index >= 15 is 0 Å².